The van der Waals surface area contributed by atoms with Crippen molar-refractivity contribution in [2.45, 2.75) is 0 Å². The van der Waals surface area contributed by atoms with Gasteiger partial charge in [0.05, 0.1) is 24.4 Å². The molecule has 1 amide bonds. The third-order valence-corrected chi connectivity index (χ3v) is 6.42. The molecule has 2 aromatic carbocycles. The quantitative estimate of drug-likeness (QED) is 0.604. The minimum atomic E-state index is -0.234. The number of fused-ring (bicyclic) bond motifs is 1. The molecule has 0 unspecified atom stereocenters. The number of nitrogens with one attached hydrogen (secondary N) is 1. The summed E-state index contributed by atoms with van der Waals surface area (Å²) in [7, 11) is 3.11. The molecular weight excluding hydrogens is 419 g/mol. The van der Waals surface area contributed by atoms with Gasteiger partial charge in [-0.05, 0) is 36.4 Å². The number of methoxy groups -OCH3 is 2. The molecule has 3 aromatic rings. The Morgan fingerprint density at radius 1 is 1.10 bits per heavy atom. The van der Waals surface area contributed by atoms with Gasteiger partial charge in [-0.2, -0.15) is 0 Å². The predicted octanol–water partition coefficient (Wildman–Crippen LogP) is 3.00. The first-order valence-corrected chi connectivity index (χ1v) is 10.9. The summed E-state index contributed by atoms with van der Waals surface area (Å²) >= 11 is 1.52. The zero-order valence-corrected chi connectivity index (χ0v) is 18.4. The molecule has 4 rings (SSSR count). The van der Waals surface area contributed by atoms with Crippen LogP contribution in [0.15, 0.2) is 36.4 Å². The zero-order valence-electron chi connectivity index (χ0n) is 17.6. The van der Waals surface area contributed by atoms with Gasteiger partial charge in [-0.15, -0.1) is 0 Å². The molecule has 31 heavy (non-hydrogen) atoms. The molecule has 1 aliphatic heterocycles. The summed E-state index contributed by atoms with van der Waals surface area (Å²) in [6, 6.07) is 9.83. The number of anilines is 1. The van der Waals surface area contributed by atoms with Crippen LogP contribution in [0.4, 0.5) is 9.52 Å². The van der Waals surface area contributed by atoms with Gasteiger partial charge in [0.25, 0.3) is 5.91 Å². The van der Waals surface area contributed by atoms with Gasteiger partial charge >= 0.3 is 0 Å². The van der Waals surface area contributed by atoms with Crippen molar-refractivity contribution < 1.29 is 18.7 Å². The van der Waals surface area contributed by atoms with E-state index in [1.165, 1.54) is 23.5 Å². The molecule has 9 heteroatoms. The molecule has 1 aliphatic rings. The Bertz CT molecular complexity index is 1070. The van der Waals surface area contributed by atoms with Gasteiger partial charge in [-0.25, -0.2) is 9.37 Å². The number of piperazine rings is 1. The van der Waals surface area contributed by atoms with Crippen molar-refractivity contribution in [3.8, 4) is 11.5 Å². The van der Waals surface area contributed by atoms with E-state index in [9.17, 15) is 9.18 Å². The Morgan fingerprint density at radius 2 is 1.87 bits per heavy atom. The molecule has 1 aromatic heterocycles. The van der Waals surface area contributed by atoms with Gasteiger partial charge in [-0.3, -0.25) is 9.69 Å². The first-order valence-electron chi connectivity index (χ1n) is 10.1. The summed E-state index contributed by atoms with van der Waals surface area (Å²) in [4.78, 5) is 21.6. The lowest BCUT2D eigenvalue weighted by Gasteiger charge is -2.34. The van der Waals surface area contributed by atoms with E-state index in [1.54, 1.807) is 38.5 Å². The predicted molar refractivity (Wildman–Crippen MR) is 120 cm³/mol. The number of aromatic nitrogens is 1. The smallest absolute Gasteiger partial charge is 0.251 e. The third kappa shape index (κ3) is 4.88. The third-order valence-electron chi connectivity index (χ3n) is 5.34. The summed E-state index contributed by atoms with van der Waals surface area (Å²) < 4.78 is 24.7. The molecular formula is C22H25FN4O3S. The highest BCUT2D eigenvalue weighted by molar-refractivity contribution is 7.22. The van der Waals surface area contributed by atoms with Gasteiger partial charge < -0.3 is 19.7 Å². The minimum Gasteiger partial charge on any atom is -0.493 e. The molecule has 0 radical (unpaired) electrons. The zero-order chi connectivity index (χ0) is 21.8. The van der Waals surface area contributed by atoms with Crippen LogP contribution in [0.25, 0.3) is 10.2 Å². The van der Waals surface area contributed by atoms with Crippen LogP contribution >= 0.6 is 11.3 Å². The fraction of sp³-hybridized carbons (Fsp3) is 0.364. The fourth-order valence-electron chi connectivity index (χ4n) is 3.59. The van der Waals surface area contributed by atoms with Crippen LogP contribution in [-0.2, 0) is 0 Å². The summed E-state index contributed by atoms with van der Waals surface area (Å²) in [5, 5.41) is 3.90. The van der Waals surface area contributed by atoms with Crippen LogP contribution in [0.2, 0.25) is 0 Å². The average molecular weight is 445 g/mol. The molecule has 7 nitrogen and oxygen atoms in total. The van der Waals surface area contributed by atoms with Gasteiger partial charge in [0.2, 0.25) is 0 Å². The highest BCUT2D eigenvalue weighted by atomic mass is 32.1. The monoisotopic (exact) mass is 444 g/mol. The molecule has 0 saturated carbocycles. The molecule has 164 valence electrons. The van der Waals surface area contributed by atoms with Crippen molar-refractivity contribution in [3.05, 3.63) is 47.8 Å². The normalized spacial score (nSPS) is 14.6. The standard InChI is InChI=1S/C22H25FN4O3S/c1-29-18-6-3-15(13-19(18)30-2)21(28)24-7-8-26-9-11-27(12-10-26)22-25-17-5-4-16(23)14-20(17)31-22/h3-6,13-14H,7-12H2,1-2H3,(H,24,28). The Kier molecular flexibility index (Phi) is 6.53. The molecule has 0 spiro atoms. The second kappa shape index (κ2) is 9.49. The maximum Gasteiger partial charge on any atom is 0.251 e. The summed E-state index contributed by atoms with van der Waals surface area (Å²) in [5.74, 6) is 0.753. The Morgan fingerprint density at radius 3 is 2.61 bits per heavy atom. The van der Waals surface area contributed by atoms with E-state index in [1.807, 2.05) is 0 Å². The van der Waals surface area contributed by atoms with Crippen LogP contribution in [0, 0.1) is 5.82 Å². The van der Waals surface area contributed by atoms with E-state index >= 15 is 0 Å². The van der Waals surface area contributed by atoms with E-state index in [0.717, 1.165) is 48.1 Å². The maximum absolute atomic E-state index is 13.4. The van der Waals surface area contributed by atoms with Crippen LogP contribution in [-0.4, -0.2) is 69.3 Å². The van der Waals surface area contributed by atoms with Crippen molar-refractivity contribution in [2.24, 2.45) is 0 Å². The van der Waals surface area contributed by atoms with Crippen molar-refractivity contribution in [3.63, 3.8) is 0 Å². The topological polar surface area (TPSA) is 66.9 Å². The number of carbonyl (C=O) groups is 1. The number of ether oxygens (including phenoxy) is 2. The number of rotatable bonds is 7. The van der Waals surface area contributed by atoms with Crippen LogP contribution in [0.1, 0.15) is 10.4 Å². The van der Waals surface area contributed by atoms with Crippen molar-refractivity contribution in [2.75, 3.05) is 58.4 Å². The number of nitrogens with zero attached hydrogens (tertiary/aromatic N) is 3. The summed E-state index contributed by atoms with van der Waals surface area (Å²) in [6.07, 6.45) is 0. The number of thiazole rings is 1. The molecule has 0 atom stereocenters. The number of benzene rings is 2. The average Bonchev–Trinajstić information content (AvgIpc) is 3.22. The van der Waals surface area contributed by atoms with Gasteiger partial charge in [0, 0.05) is 44.8 Å². The van der Waals surface area contributed by atoms with E-state index in [-0.39, 0.29) is 11.7 Å². The number of carbonyl (C=O) groups excluding carboxylic acids is 1. The summed E-state index contributed by atoms with van der Waals surface area (Å²) in [5.41, 5.74) is 1.37. The SMILES string of the molecule is COc1ccc(C(=O)NCCN2CCN(c3nc4ccc(F)cc4s3)CC2)cc1OC. The highest BCUT2D eigenvalue weighted by Crippen LogP contribution is 2.30. The second-order valence-corrected chi connectivity index (χ2v) is 8.27. The Labute approximate surface area is 184 Å². The van der Waals surface area contributed by atoms with Crippen LogP contribution in [0.5, 0.6) is 11.5 Å². The minimum absolute atomic E-state index is 0.138. The Hall–Kier alpha value is -2.91. The van der Waals surface area contributed by atoms with Gasteiger partial charge in [0.15, 0.2) is 16.6 Å². The van der Waals surface area contributed by atoms with Crippen molar-refractivity contribution in [1.29, 1.82) is 0 Å². The van der Waals surface area contributed by atoms with Crippen LogP contribution < -0.4 is 19.7 Å². The molecule has 0 aliphatic carbocycles. The number of hydrogen-bond acceptors (Lipinski definition) is 7. The summed E-state index contributed by atoms with van der Waals surface area (Å²) in [6.45, 7) is 4.82. The first-order chi connectivity index (χ1) is 15.1. The molecule has 1 fully saturated rings. The lowest BCUT2D eigenvalue weighted by molar-refractivity contribution is 0.0947. The van der Waals surface area contributed by atoms with Crippen LogP contribution in [0.3, 0.4) is 0 Å². The Balaban J connectivity index is 1.25. The molecule has 1 N–H and O–H groups in total. The van der Waals surface area contributed by atoms with Gasteiger partial charge in [-0.1, -0.05) is 11.3 Å². The number of halogens is 1. The van der Waals surface area contributed by atoms with E-state index in [2.05, 4.69) is 20.1 Å². The molecule has 1 saturated heterocycles. The highest BCUT2D eigenvalue weighted by Gasteiger charge is 2.20. The van der Waals surface area contributed by atoms with E-state index in [4.69, 9.17) is 9.47 Å². The largest absolute Gasteiger partial charge is 0.493 e. The first kappa shape index (κ1) is 21.3. The van der Waals surface area contributed by atoms with Gasteiger partial charge in [0.1, 0.15) is 5.82 Å². The second-order valence-electron chi connectivity index (χ2n) is 7.26. The molecule has 2 heterocycles. The molecule has 0 bridgehead atoms. The number of hydrogen-bond donors (Lipinski definition) is 1. The van der Waals surface area contributed by atoms with E-state index in [0.29, 0.717) is 23.6 Å². The lowest BCUT2D eigenvalue weighted by Crippen LogP contribution is -2.48. The van der Waals surface area contributed by atoms with Crippen molar-refractivity contribution >= 4 is 32.6 Å². The maximum atomic E-state index is 13.4. The van der Waals surface area contributed by atoms with Crippen molar-refractivity contribution in [1.82, 2.24) is 15.2 Å². The van der Waals surface area contributed by atoms with E-state index < -0.39 is 0 Å². The lowest BCUT2D eigenvalue weighted by atomic mass is 10.2. The fourth-order valence-corrected chi connectivity index (χ4v) is 4.63. The number of amides is 1.